The Labute approximate surface area is 118 Å². The van der Waals surface area contributed by atoms with Gasteiger partial charge in [0.2, 0.25) is 0 Å². The largest absolute Gasteiger partial charge is 0.481 e. The maximum Gasteiger partial charge on any atom is 0.320 e. The molecule has 0 radical (unpaired) electrons. The fourth-order valence-electron chi connectivity index (χ4n) is 3.62. The van der Waals surface area contributed by atoms with E-state index in [9.17, 15) is 9.59 Å². The lowest BCUT2D eigenvalue weighted by atomic mass is 9.95. The van der Waals surface area contributed by atoms with Gasteiger partial charge in [-0.2, -0.15) is 0 Å². The highest BCUT2D eigenvalue weighted by molar-refractivity contribution is 5.75. The minimum Gasteiger partial charge on any atom is -0.481 e. The fraction of sp³-hybridized carbons (Fsp3) is 0.857. The summed E-state index contributed by atoms with van der Waals surface area (Å²) in [5, 5.41) is 8.89. The van der Waals surface area contributed by atoms with Crippen molar-refractivity contribution in [3.63, 3.8) is 0 Å². The van der Waals surface area contributed by atoms with Crippen LogP contribution in [0.2, 0.25) is 0 Å². The molecule has 0 aromatic heterocycles. The molecule has 3 fully saturated rings. The molecule has 2 bridgehead atoms. The van der Waals surface area contributed by atoms with Crippen LogP contribution in [0.1, 0.15) is 32.1 Å². The summed E-state index contributed by atoms with van der Waals surface area (Å²) in [6.45, 7) is 2.71. The number of amides is 2. The van der Waals surface area contributed by atoms with E-state index in [1.54, 1.807) is 0 Å². The topological polar surface area (TPSA) is 70.1 Å². The van der Waals surface area contributed by atoms with Crippen molar-refractivity contribution in [2.45, 2.75) is 44.3 Å². The minimum absolute atomic E-state index is 0.0697. The van der Waals surface area contributed by atoms with Crippen molar-refractivity contribution in [2.24, 2.45) is 5.92 Å². The highest BCUT2D eigenvalue weighted by Crippen LogP contribution is 2.28. The summed E-state index contributed by atoms with van der Waals surface area (Å²) in [5.41, 5.74) is 0. The van der Waals surface area contributed by atoms with Crippen molar-refractivity contribution in [2.75, 3.05) is 26.2 Å². The molecule has 112 valence electrons. The fourth-order valence-corrected chi connectivity index (χ4v) is 3.62. The molecule has 3 rings (SSSR count). The zero-order valence-electron chi connectivity index (χ0n) is 11.7. The molecule has 6 heteroatoms. The van der Waals surface area contributed by atoms with Crippen molar-refractivity contribution in [1.29, 1.82) is 0 Å². The number of rotatable bonds is 2. The SMILES string of the molecule is O=C(O)CC1CCCN(C(=O)N2CC3CCC(C2)O3)C1. The van der Waals surface area contributed by atoms with E-state index in [1.807, 2.05) is 9.80 Å². The number of carboxylic acid groups (broad SMARTS) is 1. The van der Waals surface area contributed by atoms with Crippen LogP contribution in [-0.2, 0) is 9.53 Å². The molecule has 20 heavy (non-hydrogen) atoms. The molecule has 3 unspecified atom stereocenters. The average molecular weight is 282 g/mol. The number of ether oxygens (including phenoxy) is 1. The Morgan fingerprint density at radius 1 is 1.05 bits per heavy atom. The Balaban J connectivity index is 1.57. The predicted molar refractivity (Wildman–Crippen MR) is 71.4 cm³/mol. The van der Waals surface area contributed by atoms with E-state index in [4.69, 9.17) is 9.84 Å². The lowest BCUT2D eigenvalue weighted by molar-refractivity contribution is -0.138. The van der Waals surface area contributed by atoms with E-state index in [2.05, 4.69) is 0 Å². The number of hydrogen-bond acceptors (Lipinski definition) is 3. The van der Waals surface area contributed by atoms with Crippen LogP contribution in [0.3, 0.4) is 0 Å². The third kappa shape index (κ3) is 2.90. The number of urea groups is 1. The zero-order chi connectivity index (χ0) is 14.1. The lowest BCUT2D eigenvalue weighted by Gasteiger charge is -2.39. The Bertz CT molecular complexity index is 389. The van der Waals surface area contributed by atoms with E-state index in [-0.39, 0.29) is 30.6 Å². The van der Waals surface area contributed by atoms with Crippen molar-refractivity contribution in [3.05, 3.63) is 0 Å². The van der Waals surface area contributed by atoms with Crippen LogP contribution in [-0.4, -0.2) is 65.3 Å². The van der Waals surface area contributed by atoms with Gasteiger partial charge in [-0.05, 0) is 31.6 Å². The number of fused-ring (bicyclic) bond motifs is 2. The van der Waals surface area contributed by atoms with E-state index in [1.165, 1.54) is 0 Å². The number of piperidine rings is 1. The molecule has 2 amide bonds. The average Bonchev–Trinajstić information content (AvgIpc) is 2.76. The minimum atomic E-state index is -0.770. The van der Waals surface area contributed by atoms with Gasteiger partial charge in [-0.3, -0.25) is 4.79 Å². The van der Waals surface area contributed by atoms with Gasteiger partial charge in [-0.15, -0.1) is 0 Å². The summed E-state index contributed by atoms with van der Waals surface area (Å²) in [6, 6.07) is 0.0697. The van der Waals surface area contributed by atoms with Gasteiger partial charge in [0.15, 0.2) is 0 Å². The van der Waals surface area contributed by atoms with Crippen molar-refractivity contribution in [3.8, 4) is 0 Å². The van der Waals surface area contributed by atoms with E-state index >= 15 is 0 Å². The summed E-state index contributed by atoms with van der Waals surface area (Å²) in [7, 11) is 0. The Morgan fingerprint density at radius 3 is 2.40 bits per heavy atom. The van der Waals surface area contributed by atoms with Gasteiger partial charge in [0.25, 0.3) is 0 Å². The van der Waals surface area contributed by atoms with Gasteiger partial charge in [-0.25, -0.2) is 4.79 Å². The zero-order valence-corrected chi connectivity index (χ0v) is 11.7. The molecule has 0 aromatic carbocycles. The number of nitrogens with zero attached hydrogens (tertiary/aromatic N) is 2. The standard InChI is InChI=1S/C14H22N2O4/c17-13(18)6-10-2-1-5-15(7-10)14(19)16-8-11-3-4-12(9-16)20-11/h10-12H,1-9H2,(H,17,18). The Hall–Kier alpha value is -1.30. The van der Waals surface area contributed by atoms with Crippen molar-refractivity contribution in [1.82, 2.24) is 9.80 Å². The second-order valence-corrected chi connectivity index (χ2v) is 6.20. The number of carbonyl (C=O) groups is 2. The second kappa shape index (κ2) is 5.60. The number of hydrogen-bond donors (Lipinski definition) is 1. The van der Waals surface area contributed by atoms with Crippen LogP contribution in [0.15, 0.2) is 0 Å². The quantitative estimate of drug-likeness (QED) is 0.825. The summed E-state index contributed by atoms with van der Waals surface area (Å²) in [5.74, 6) is -0.670. The van der Waals surface area contributed by atoms with Gasteiger partial charge in [0, 0.05) is 32.6 Å². The molecule has 3 aliphatic heterocycles. The number of carbonyl (C=O) groups excluding carboxylic acids is 1. The molecule has 0 spiro atoms. The second-order valence-electron chi connectivity index (χ2n) is 6.20. The third-order valence-electron chi connectivity index (χ3n) is 4.57. The Kier molecular flexibility index (Phi) is 3.83. The van der Waals surface area contributed by atoms with Crippen LogP contribution < -0.4 is 0 Å². The number of morpholine rings is 1. The number of carboxylic acids is 1. The molecule has 3 aliphatic rings. The molecule has 3 saturated heterocycles. The first-order chi connectivity index (χ1) is 9.61. The normalized spacial score (nSPS) is 33.3. The van der Waals surface area contributed by atoms with E-state index < -0.39 is 5.97 Å². The highest BCUT2D eigenvalue weighted by atomic mass is 16.5. The van der Waals surface area contributed by atoms with Crippen molar-refractivity contribution >= 4 is 12.0 Å². The molecule has 3 heterocycles. The molecular weight excluding hydrogens is 260 g/mol. The predicted octanol–water partition coefficient (Wildman–Crippen LogP) is 1.16. The summed E-state index contributed by atoms with van der Waals surface area (Å²) >= 11 is 0. The molecule has 0 aromatic rings. The monoisotopic (exact) mass is 282 g/mol. The van der Waals surface area contributed by atoms with Crippen LogP contribution in [0.4, 0.5) is 4.79 Å². The molecular formula is C14H22N2O4. The maximum atomic E-state index is 12.6. The van der Waals surface area contributed by atoms with Crippen LogP contribution >= 0.6 is 0 Å². The summed E-state index contributed by atoms with van der Waals surface area (Å²) in [4.78, 5) is 27.1. The third-order valence-corrected chi connectivity index (χ3v) is 4.57. The molecule has 0 aliphatic carbocycles. The number of likely N-dealkylation sites (tertiary alicyclic amines) is 2. The van der Waals surface area contributed by atoms with Crippen LogP contribution in [0.25, 0.3) is 0 Å². The first-order valence-corrected chi connectivity index (χ1v) is 7.53. The molecule has 0 saturated carbocycles. The van der Waals surface area contributed by atoms with Gasteiger partial charge in [0.1, 0.15) is 0 Å². The lowest BCUT2D eigenvalue weighted by Crippen LogP contribution is -2.53. The first-order valence-electron chi connectivity index (χ1n) is 7.53. The summed E-state index contributed by atoms with van der Waals surface area (Å²) < 4.78 is 5.75. The maximum absolute atomic E-state index is 12.6. The van der Waals surface area contributed by atoms with Crippen LogP contribution in [0, 0.1) is 5.92 Å². The molecule has 6 nitrogen and oxygen atoms in total. The summed E-state index contributed by atoms with van der Waals surface area (Å²) in [6.07, 6.45) is 4.49. The van der Waals surface area contributed by atoms with Gasteiger partial charge >= 0.3 is 12.0 Å². The first kappa shape index (κ1) is 13.7. The molecule has 1 N–H and O–H groups in total. The smallest absolute Gasteiger partial charge is 0.320 e. The van der Waals surface area contributed by atoms with Crippen LogP contribution in [0.5, 0.6) is 0 Å². The van der Waals surface area contributed by atoms with E-state index in [0.717, 1.165) is 32.2 Å². The number of aliphatic carboxylic acids is 1. The van der Waals surface area contributed by atoms with Gasteiger partial charge in [0.05, 0.1) is 12.2 Å². The van der Waals surface area contributed by atoms with Gasteiger partial charge in [-0.1, -0.05) is 0 Å². The van der Waals surface area contributed by atoms with Crippen molar-refractivity contribution < 1.29 is 19.4 Å². The van der Waals surface area contributed by atoms with Gasteiger partial charge < -0.3 is 19.6 Å². The Morgan fingerprint density at radius 2 is 1.75 bits per heavy atom. The van der Waals surface area contributed by atoms with E-state index in [0.29, 0.717) is 19.6 Å². The molecule has 3 atom stereocenters. The highest BCUT2D eigenvalue weighted by Gasteiger charge is 2.38.